The predicted molar refractivity (Wildman–Crippen MR) is 46.9 cm³/mol. The molecule has 0 bridgehead atoms. The van der Waals surface area contributed by atoms with E-state index in [1.807, 2.05) is 0 Å². The van der Waals surface area contributed by atoms with E-state index in [1.165, 1.54) is 0 Å². The van der Waals surface area contributed by atoms with E-state index in [4.69, 9.17) is 4.74 Å². The van der Waals surface area contributed by atoms with Gasteiger partial charge in [-0.15, -0.1) is 0 Å². The lowest BCUT2D eigenvalue weighted by Crippen LogP contribution is -2.37. The van der Waals surface area contributed by atoms with Crippen LogP contribution in [-0.4, -0.2) is 30.2 Å². The van der Waals surface area contributed by atoms with Crippen molar-refractivity contribution < 1.29 is 9.53 Å². The summed E-state index contributed by atoms with van der Waals surface area (Å²) in [4.78, 5) is 12.8. The number of carbonyl (C=O) groups is 1. The molecule has 1 amide bonds. The van der Waals surface area contributed by atoms with E-state index < -0.39 is 0 Å². The summed E-state index contributed by atoms with van der Waals surface area (Å²) in [6.07, 6.45) is 1.28. The number of hydrogen-bond donors (Lipinski definition) is 0. The molecule has 1 heterocycles. The van der Waals surface area contributed by atoms with Gasteiger partial charge in [-0.2, -0.15) is 0 Å². The van der Waals surface area contributed by atoms with Crippen LogP contribution in [0.3, 0.4) is 0 Å². The van der Waals surface area contributed by atoms with E-state index in [0.717, 1.165) is 0 Å². The highest BCUT2D eigenvalue weighted by atomic mass is 16.6. The molecule has 0 aromatic carbocycles. The smallest absolute Gasteiger partial charge is 0.410 e. The minimum atomic E-state index is -0.251. The Hall–Kier alpha value is -0.990. The zero-order valence-corrected chi connectivity index (χ0v) is 7.78. The Morgan fingerprint density at radius 2 is 2.25 bits per heavy atom. The molecule has 0 unspecified atom stereocenters. The number of amides is 1. The van der Waals surface area contributed by atoms with Gasteiger partial charge in [0.1, 0.15) is 6.10 Å². The van der Waals surface area contributed by atoms with E-state index in [-0.39, 0.29) is 18.2 Å². The molecule has 0 spiro atoms. The summed E-state index contributed by atoms with van der Waals surface area (Å²) in [7, 11) is 1.76. The second-order valence-corrected chi connectivity index (χ2v) is 3.43. The Morgan fingerprint density at radius 3 is 2.58 bits per heavy atom. The summed E-state index contributed by atoms with van der Waals surface area (Å²) >= 11 is 0. The quantitative estimate of drug-likeness (QED) is 0.588. The minimum Gasteiger partial charge on any atom is -0.440 e. The fraction of sp³-hybridized carbons (Fsp3) is 0.667. The first-order chi connectivity index (χ1) is 5.57. The van der Waals surface area contributed by atoms with Crippen molar-refractivity contribution in [3.8, 4) is 0 Å². The summed E-state index contributed by atoms with van der Waals surface area (Å²) in [5, 5.41) is 0. The van der Waals surface area contributed by atoms with Gasteiger partial charge >= 0.3 is 6.09 Å². The van der Waals surface area contributed by atoms with Crippen molar-refractivity contribution in [2.45, 2.75) is 26.0 Å². The maximum absolute atomic E-state index is 11.1. The number of rotatable bonds is 2. The number of hydrogen-bond acceptors (Lipinski definition) is 2. The number of nitrogens with zero attached hydrogens (tertiary/aromatic N) is 1. The fourth-order valence-corrected chi connectivity index (χ4v) is 1.63. The van der Waals surface area contributed by atoms with Gasteiger partial charge in [0.05, 0.1) is 6.04 Å². The second-order valence-electron chi connectivity index (χ2n) is 3.43. The molecule has 2 atom stereocenters. The van der Waals surface area contributed by atoms with Crippen molar-refractivity contribution in [2.75, 3.05) is 7.05 Å². The number of carbonyl (C=O) groups excluding carboxylic acids is 1. The summed E-state index contributed by atoms with van der Waals surface area (Å²) in [6, 6.07) is 0.134. The van der Waals surface area contributed by atoms with Crippen LogP contribution in [0.4, 0.5) is 4.79 Å². The van der Waals surface area contributed by atoms with Crippen LogP contribution in [0.1, 0.15) is 13.8 Å². The highest BCUT2D eigenvalue weighted by Gasteiger charge is 2.39. The molecule has 3 heteroatoms. The van der Waals surface area contributed by atoms with Gasteiger partial charge in [-0.1, -0.05) is 20.4 Å². The molecule has 1 rings (SSSR count). The molecular weight excluding hydrogens is 154 g/mol. The van der Waals surface area contributed by atoms with Crippen LogP contribution in [0, 0.1) is 5.92 Å². The predicted octanol–water partition coefficient (Wildman–Crippen LogP) is 1.65. The molecule has 12 heavy (non-hydrogen) atoms. The van der Waals surface area contributed by atoms with Gasteiger partial charge in [0, 0.05) is 7.05 Å². The minimum absolute atomic E-state index is 0.134. The van der Waals surface area contributed by atoms with Crippen molar-refractivity contribution in [3.63, 3.8) is 0 Å². The SMILES string of the molecule is C=C[C@H]1OC(=O)N(C)[C@H]1C(C)C. The van der Waals surface area contributed by atoms with E-state index in [9.17, 15) is 4.79 Å². The zero-order chi connectivity index (χ0) is 9.30. The van der Waals surface area contributed by atoms with Gasteiger partial charge in [0.15, 0.2) is 0 Å². The molecule has 1 aliphatic heterocycles. The average molecular weight is 169 g/mol. The molecule has 68 valence electrons. The normalized spacial score (nSPS) is 29.3. The van der Waals surface area contributed by atoms with Crippen LogP contribution >= 0.6 is 0 Å². The third-order valence-electron chi connectivity index (χ3n) is 2.22. The van der Waals surface area contributed by atoms with Crippen LogP contribution in [0.2, 0.25) is 0 Å². The first-order valence-corrected chi connectivity index (χ1v) is 4.14. The first kappa shape index (κ1) is 9.10. The molecule has 3 nitrogen and oxygen atoms in total. The molecule has 1 aliphatic rings. The molecule has 0 aromatic rings. The number of cyclic esters (lactones) is 1. The lowest BCUT2D eigenvalue weighted by atomic mass is 9.98. The van der Waals surface area contributed by atoms with Gasteiger partial charge in [0.25, 0.3) is 0 Å². The molecule has 0 saturated carbocycles. The Labute approximate surface area is 73.0 Å². The van der Waals surface area contributed by atoms with Crippen LogP contribution in [0.5, 0.6) is 0 Å². The lowest BCUT2D eigenvalue weighted by molar-refractivity contribution is 0.147. The Morgan fingerprint density at radius 1 is 1.67 bits per heavy atom. The molecule has 0 aliphatic carbocycles. The molecule has 0 aromatic heterocycles. The van der Waals surface area contributed by atoms with Crippen molar-refractivity contribution in [1.29, 1.82) is 0 Å². The topological polar surface area (TPSA) is 29.5 Å². The number of ether oxygens (including phenoxy) is 1. The summed E-state index contributed by atoms with van der Waals surface area (Å²) in [5.74, 6) is 0.393. The maximum Gasteiger partial charge on any atom is 0.410 e. The third-order valence-corrected chi connectivity index (χ3v) is 2.22. The molecule has 1 fully saturated rings. The van der Waals surface area contributed by atoms with Crippen LogP contribution < -0.4 is 0 Å². The van der Waals surface area contributed by atoms with Gasteiger partial charge in [0.2, 0.25) is 0 Å². The van der Waals surface area contributed by atoms with Crippen LogP contribution in [-0.2, 0) is 4.74 Å². The zero-order valence-electron chi connectivity index (χ0n) is 7.78. The highest BCUT2D eigenvalue weighted by molar-refractivity contribution is 5.70. The van der Waals surface area contributed by atoms with Gasteiger partial charge < -0.3 is 9.64 Å². The number of likely N-dealkylation sites (N-methyl/N-ethyl adjacent to an activating group) is 1. The fourth-order valence-electron chi connectivity index (χ4n) is 1.63. The molecule has 1 saturated heterocycles. The van der Waals surface area contributed by atoms with Crippen LogP contribution in [0.25, 0.3) is 0 Å². The largest absolute Gasteiger partial charge is 0.440 e. The molecular formula is C9H15NO2. The van der Waals surface area contributed by atoms with Crippen molar-refractivity contribution in [3.05, 3.63) is 12.7 Å². The van der Waals surface area contributed by atoms with Gasteiger partial charge in [-0.3, -0.25) is 0 Å². The van der Waals surface area contributed by atoms with E-state index in [0.29, 0.717) is 5.92 Å². The molecule has 0 radical (unpaired) electrons. The summed E-state index contributed by atoms with van der Waals surface area (Å²) < 4.78 is 5.07. The standard InChI is InChI=1S/C9H15NO2/c1-5-7-8(6(2)3)10(4)9(11)12-7/h5-8H,1H2,2-4H3/t7-,8+/m1/s1. The van der Waals surface area contributed by atoms with Crippen molar-refractivity contribution in [1.82, 2.24) is 4.90 Å². The van der Waals surface area contributed by atoms with E-state index in [2.05, 4.69) is 20.4 Å². The molecule has 0 N–H and O–H groups in total. The van der Waals surface area contributed by atoms with Crippen molar-refractivity contribution >= 4 is 6.09 Å². The van der Waals surface area contributed by atoms with Gasteiger partial charge in [-0.05, 0) is 12.0 Å². The Bertz CT molecular complexity index is 201. The first-order valence-electron chi connectivity index (χ1n) is 4.14. The van der Waals surface area contributed by atoms with Gasteiger partial charge in [-0.25, -0.2) is 4.79 Å². The monoisotopic (exact) mass is 169 g/mol. The summed E-state index contributed by atoms with van der Waals surface area (Å²) in [5.41, 5.74) is 0. The highest BCUT2D eigenvalue weighted by Crippen LogP contribution is 2.24. The lowest BCUT2D eigenvalue weighted by Gasteiger charge is -2.22. The Balaban J connectivity index is 2.80. The summed E-state index contributed by atoms with van der Waals surface area (Å²) in [6.45, 7) is 7.78. The van der Waals surface area contributed by atoms with Crippen molar-refractivity contribution in [2.24, 2.45) is 5.92 Å². The maximum atomic E-state index is 11.1. The Kier molecular flexibility index (Phi) is 2.40. The van der Waals surface area contributed by atoms with E-state index >= 15 is 0 Å². The van der Waals surface area contributed by atoms with E-state index in [1.54, 1.807) is 18.0 Å². The second kappa shape index (κ2) is 3.17. The van der Waals surface area contributed by atoms with Crippen LogP contribution in [0.15, 0.2) is 12.7 Å². The average Bonchev–Trinajstić information content (AvgIpc) is 2.28. The third kappa shape index (κ3) is 1.31.